The van der Waals surface area contributed by atoms with Crippen LogP contribution in [0.2, 0.25) is 0 Å². The third-order valence-electron chi connectivity index (χ3n) is 12.1. The summed E-state index contributed by atoms with van der Waals surface area (Å²) in [6.07, 6.45) is 0. The molecule has 0 saturated heterocycles. The third kappa shape index (κ3) is 6.47. The van der Waals surface area contributed by atoms with E-state index in [1.165, 1.54) is 16.7 Å². The topological polar surface area (TPSA) is 29.5 Å². The van der Waals surface area contributed by atoms with Gasteiger partial charge in [0.15, 0.2) is 0 Å². The van der Waals surface area contributed by atoms with Crippen molar-refractivity contribution in [2.75, 3.05) is 4.90 Å². The molecular formula is C58H43NO2. The Bertz CT molecular complexity index is 3370. The average molecular weight is 786 g/mol. The van der Waals surface area contributed by atoms with Crippen LogP contribution in [0.4, 0.5) is 17.1 Å². The first kappa shape index (κ1) is 36.5. The van der Waals surface area contributed by atoms with Gasteiger partial charge in [0, 0.05) is 49.7 Å². The Morgan fingerprint density at radius 3 is 1.39 bits per heavy atom. The SMILES string of the molecule is CC(C)(C)c1ccc(-c2ccc(N(c3ccc(-c4ccccc4)cc3)c3ccc(-c4cccc5c4oc4ccccc45)cc3)cc2-c2cccc3c2oc2ccccc23)cc1. The molecule has 0 fully saturated rings. The van der Waals surface area contributed by atoms with Gasteiger partial charge in [-0.3, -0.25) is 0 Å². The van der Waals surface area contributed by atoms with Crippen molar-refractivity contribution in [1.29, 1.82) is 0 Å². The lowest BCUT2D eigenvalue weighted by atomic mass is 9.85. The molecule has 0 amide bonds. The molecule has 0 saturated carbocycles. The van der Waals surface area contributed by atoms with Gasteiger partial charge in [-0.05, 0) is 92.9 Å². The molecular weight excluding hydrogens is 743 g/mol. The summed E-state index contributed by atoms with van der Waals surface area (Å²) < 4.78 is 13.2. The Morgan fingerprint density at radius 2 is 0.787 bits per heavy atom. The summed E-state index contributed by atoms with van der Waals surface area (Å²) >= 11 is 0. The number of nitrogens with zero attached hydrogens (tertiary/aromatic N) is 1. The van der Waals surface area contributed by atoms with Crippen molar-refractivity contribution in [2.24, 2.45) is 0 Å². The Labute approximate surface area is 355 Å². The quantitative estimate of drug-likeness (QED) is 0.161. The van der Waals surface area contributed by atoms with Crippen molar-refractivity contribution >= 4 is 60.9 Å². The monoisotopic (exact) mass is 785 g/mol. The summed E-state index contributed by atoms with van der Waals surface area (Å²) in [4.78, 5) is 2.36. The molecule has 2 heterocycles. The summed E-state index contributed by atoms with van der Waals surface area (Å²) in [6.45, 7) is 6.78. The predicted octanol–water partition coefficient (Wildman–Crippen LogP) is 16.9. The van der Waals surface area contributed by atoms with E-state index in [2.05, 4.69) is 214 Å². The zero-order chi connectivity index (χ0) is 41.1. The molecule has 0 bridgehead atoms. The summed E-state index contributed by atoms with van der Waals surface area (Å²) in [6, 6.07) is 73.8. The van der Waals surface area contributed by atoms with Crippen molar-refractivity contribution in [3.05, 3.63) is 212 Å². The standard InChI is InChI=1S/C58H43NO2/c1-58(2,3)42-29-23-40(24-30-42)46-36-35-45(37-53(46)52-20-12-19-51-49-16-8-10-22-55(49)61-57(51)52)59(43-31-25-39(26-32-43)38-13-5-4-6-14-38)44-33-27-41(28-34-44)47-17-11-18-50-48-15-7-9-21-54(48)60-56(47)50/h4-37H,1-3H3. The van der Waals surface area contributed by atoms with Crippen molar-refractivity contribution in [3.8, 4) is 44.5 Å². The van der Waals surface area contributed by atoms with Gasteiger partial charge in [0.25, 0.3) is 0 Å². The fourth-order valence-corrected chi connectivity index (χ4v) is 8.90. The lowest BCUT2D eigenvalue weighted by Gasteiger charge is -2.27. The number of fused-ring (bicyclic) bond motifs is 6. The number of anilines is 3. The lowest BCUT2D eigenvalue weighted by Crippen LogP contribution is -2.11. The number of furan rings is 2. The largest absolute Gasteiger partial charge is 0.455 e. The van der Waals surface area contributed by atoms with E-state index in [9.17, 15) is 0 Å². The molecule has 11 rings (SSSR count). The molecule has 0 unspecified atom stereocenters. The first-order valence-corrected chi connectivity index (χ1v) is 21.0. The molecule has 9 aromatic carbocycles. The molecule has 61 heavy (non-hydrogen) atoms. The molecule has 292 valence electrons. The van der Waals surface area contributed by atoms with Gasteiger partial charge in [-0.1, -0.05) is 178 Å². The number of hydrogen-bond acceptors (Lipinski definition) is 3. The number of hydrogen-bond donors (Lipinski definition) is 0. The first-order chi connectivity index (χ1) is 29.9. The van der Waals surface area contributed by atoms with Crippen molar-refractivity contribution in [2.45, 2.75) is 26.2 Å². The highest BCUT2D eigenvalue weighted by Gasteiger charge is 2.21. The Hall–Kier alpha value is -7.62. The Balaban J connectivity index is 1.09. The van der Waals surface area contributed by atoms with Crippen molar-refractivity contribution < 1.29 is 8.83 Å². The summed E-state index contributed by atoms with van der Waals surface area (Å²) in [5.74, 6) is 0. The van der Waals surface area contributed by atoms with Gasteiger partial charge in [0.1, 0.15) is 22.3 Å². The summed E-state index contributed by atoms with van der Waals surface area (Å²) in [7, 11) is 0. The molecule has 0 aliphatic rings. The van der Waals surface area contributed by atoms with E-state index in [1.807, 2.05) is 18.2 Å². The van der Waals surface area contributed by atoms with E-state index in [4.69, 9.17) is 8.83 Å². The second kappa shape index (κ2) is 14.6. The van der Waals surface area contributed by atoms with Crippen LogP contribution >= 0.6 is 0 Å². The maximum Gasteiger partial charge on any atom is 0.143 e. The molecule has 0 spiro atoms. The van der Waals surface area contributed by atoms with E-state index < -0.39 is 0 Å². The van der Waals surface area contributed by atoms with Crippen molar-refractivity contribution in [1.82, 2.24) is 0 Å². The molecule has 0 N–H and O–H groups in total. The van der Waals surface area contributed by atoms with E-state index in [1.54, 1.807) is 0 Å². The highest BCUT2D eigenvalue weighted by Crippen LogP contribution is 2.45. The highest BCUT2D eigenvalue weighted by molar-refractivity contribution is 6.11. The van der Waals surface area contributed by atoms with Crippen LogP contribution in [-0.4, -0.2) is 0 Å². The predicted molar refractivity (Wildman–Crippen MR) is 256 cm³/mol. The maximum atomic E-state index is 6.70. The van der Waals surface area contributed by atoms with Crippen LogP contribution in [0.25, 0.3) is 88.4 Å². The van der Waals surface area contributed by atoms with E-state index >= 15 is 0 Å². The fourth-order valence-electron chi connectivity index (χ4n) is 8.90. The van der Waals surface area contributed by atoms with Gasteiger partial charge in [0.05, 0.1) is 0 Å². The zero-order valence-corrected chi connectivity index (χ0v) is 34.4. The lowest BCUT2D eigenvalue weighted by molar-refractivity contribution is 0.590. The zero-order valence-electron chi connectivity index (χ0n) is 34.4. The van der Waals surface area contributed by atoms with Gasteiger partial charge in [0.2, 0.25) is 0 Å². The second-order valence-corrected chi connectivity index (χ2v) is 16.9. The van der Waals surface area contributed by atoms with Gasteiger partial charge in [-0.25, -0.2) is 0 Å². The minimum Gasteiger partial charge on any atom is -0.455 e. The maximum absolute atomic E-state index is 6.70. The van der Waals surface area contributed by atoms with Crippen LogP contribution < -0.4 is 4.90 Å². The molecule has 0 aliphatic carbocycles. The van der Waals surface area contributed by atoms with Crippen LogP contribution in [0.1, 0.15) is 26.3 Å². The van der Waals surface area contributed by atoms with Crippen molar-refractivity contribution in [3.63, 3.8) is 0 Å². The molecule has 3 heteroatoms. The Morgan fingerprint density at radius 1 is 0.328 bits per heavy atom. The molecule has 2 aromatic heterocycles. The van der Waals surface area contributed by atoms with E-state index in [0.29, 0.717) is 0 Å². The normalized spacial score (nSPS) is 11.9. The molecule has 11 aromatic rings. The highest BCUT2D eigenvalue weighted by atomic mass is 16.3. The van der Waals surface area contributed by atoms with Crippen LogP contribution in [0, 0.1) is 0 Å². The minimum atomic E-state index is 0.0514. The van der Waals surface area contributed by atoms with Gasteiger partial charge < -0.3 is 13.7 Å². The van der Waals surface area contributed by atoms with Crippen LogP contribution in [0.15, 0.2) is 215 Å². The van der Waals surface area contributed by atoms with Gasteiger partial charge >= 0.3 is 0 Å². The average Bonchev–Trinajstić information content (AvgIpc) is 3.89. The fraction of sp³-hybridized carbons (Fsp3) is 0.0690. The molecule has 0 radical (unpaired) electrons. The van der Waals surface area contributed by atoms with Crippen LogP contribution in [-0.2, 0) is 5.41 Å². The smallest absolute Gasteiger partial charge is 0.143 e. The number of benzene rings is 9. The number of para-hydroxylation sites is 4. The van der Waals surface area contributed by atoms with E-state index in [-0.39, 0.29) is 5.41 Å². The molecule has 3 nitrogen and oxygen atoms in total. The third-order valence-corrected chi connectivity index (χ3v) is 12.1. The van der Waals surface area contributed by atoms with Gasteiger partial charge in [-0.2, -0.15) is 0 Å². The minimum absolute atomic E-state index is 0.0514. The second-order valence-electron chi connectivity index (χ2n) is 16.9. The van der Waals surface area contributed by atoms with Crippen LogP contribution in [0.5, 0.6) is 0 Å². The number of rotatable bonds is 7. The summed E-state index contributed by atoms with van der Waals surface area (Å²) in [5, 5.41) is 4.47. The van der Waals surface area contributed by atoms with Crippen LogP contribution in [0.3, 0.4) is 0 Å². The van der Waals surface area contributed by atoms with E-state index in [0.717, 1.165) is 94.3 Å². The Kier molecular flexibility index (Phi) is 8.72. The van der Waals surface area contributed by atoms with Gasteiger partial charge in [-0.15, -0.1) is 0 Å². The summed E-state index contributed by atoms with van der Waals surface area (Å²) in [5.41, 5.74) is 17.1. The molecule has 0 atom stereocenters. The first-order valence-electron chi connectivity index (χ1n) is 21.0. The molecule has 0 aliphatic heterocycles.